The Kier molecular flexibility index (Phi) is 8.32. The SMILES string of the molecule is Cc1cc2n(c(=O)c1COC(=O)O)Cc1c-2nc2cc(F)ccc2c1CN(N)/C=C(\N)C(C)OCNC(=O)CN. The van der Waals surface area contributed by atoms with Crippen LogP contribution in [0.4, 0.5) is 9.18 Å². The standard InChI is InChI=1S/C26H30FN7O6/c1-13-5-22-24-18(9-34(22)25(36)19(13)11-39-26(37)38)17(16-4-3-15(27)6-21(16)32-24)8-33(30)10-20(29)14(2)40-12-31-23(35)7-28/h3-6,10,14H,7-9,11-12,28-30H2,1-2H3,(H,31,35)(H,37,38)/b20-10-. The van der Waals surface area contributed by atoms with Crippen LogP contribution >= 0.6 is 0 Å². The fourth-order valence-electron chi connectivity index (χ4n) is 4.48. The molecule has 1 unspecified atom stereocenters. The van der Waals surface area contributed by atoms with E-state index in [2.05, 4.69) is 15.0 Å². The Hall–Kier alpha value is -4.53. The highest BCUT2D eigenvalue weighted by Gasteiger charge is 2.28. The van der Waals surface area contributed by atoms with Crippen molar-refractivity contribution in [2.24, 2.45) is 17.3 Å². The van der Waals surface area contributed by atoms with Gasteiger partial charge in [0.25, 0.3) is 5.56 Å². The van der Waals surface area contributed by atoms with Gasteiger partial charge in [-0.2, -0.15) is 0 Å². The molecule has 2 aromatic heterocycles. The fraction of sp³-hybridized carbons (Fsp3) is 0.308. The van der Waals surface area contributed by atoms with Crippen molar-refractivity contribution in [1.82, 2.24) is 19.9 Å². The number of ether oxygens (including phenoxy) is 2. The zero-order valence-electron chi connectivity index (χ0n) is 21.9. The van der Waals surface area contributed by atoms with E-state index in [-0.39, 0.29) is 50.1 Å². The molecule has 0 aliphatic carbocycles. The number of carbonyl (C=O) groups excluding carboxylic acids is 1. The lowest BCUT2D eigenvalue weighted by atomic mass is 10.00. The minimum Gasteiger partial charge on any atom is -0.450 e. The maximum Gasteiger partial charge on any atom is 0.506 e. The van der Waals surface area contributed by atoms with E-state index < -0.39 is 23.6 Å². The molecule has 3 heterocycles. The predicted molar refractivity (Wildman–Crippen MR) is 143 cm³/mol. The number of nitrogens with two attached hydrogens (primary N) is 3. The van der Waals surface area contributed by atoms with E-state index in [9.17, 15) is 18.8 Å². The zero-order chi connectivity index (χ0) is 29.1. The molecule has 1 atom stereocenters. The second-order valence-corrected chi connectivity index (χ2v) is 9.27. The number of carboxylic acid groups (broad SMARTS) is 1. The number of aryl methyl sites for hydroxylation is 1. The lowest BCUT2D eigenvalue weighted by molar-refractivity contribution is -0.121. The van der Waals surface area contributed by atoms with Crippen molar-refractivity contribution in [3.63, 3.8) is 0 Å². The van der Waals surface area contributed by atoms with Gasteiger partial charge in [-0.15, -0.1) is 0 Å². The van der Waals surface area contributed by atoms with Crippen LogP contribution in [0.1, 0.15) is 29.2 Å². The van der Waals surface area contributed by atoms with E-state index in [0.717, 1.165) is 0 Å². The first-order valence-corrected chi connectivity index (χ1v) is 12.3. The minimum absolute atomic E-state index is 0.0870. The molecule has 13 nitrogen and oxygen atoms in total. The van der Waals surface area contributed by atoms with Crippen LogP contribution in [0.15, 0.2) is 41.0 Å². The molecule has 1 aliphatic heterocycles. The highest BCUT2D eigenvalue weighted by atomic mass is 19.1. The van der Waals surface area contributed by atoms with Gasteiger partial charge in [0, 0.05) is 23.2 Å². The van der Waals surface area contributed by atoms with Gasteiger partial charge in [-0.1, -0.05) is 0 Å². The molecular weight excluding hydrogens is 525 g/mol. The summed E-state index contributed by atoms with van der Waals surface area (Å²) < 4.78 is 25.8. The molecule has 1 amide bonds. The third kappa shape index (κ3) is 5.88. The number of carbonyl (C=O) groups is 2. The molecular formula is C26H30FN7O6. The van der Waals surface area contributed by atoms with Crippen molar-refractivity contribution in [2.45, 2.75) is 39.6 Å². The second kappa shape index (κ2) is 11.7. The molecule has 0 spiro atoms. The van der Waals surface area contributed by atoms with Crippen molar-refractivity contribution >= 4 is 23.0 Å². The summed E-state index contributed by atoms with van der Waals surface area (Å²) >= 11 is 0. The largest absolute Gasteiger partial charge is 0.506 e. The quantitative estimate of drug-likeness (QED) is 0.0808. The summed E-state index contributed by atoms with van der Waals surface area (Å²) in [6.45, 7) is 3.00. The minimum atomic E-state index is -1.49. The van der Waals surface area contributed by atoms with Crippen molar-refractivity contribution in [1.29, 1.82) is 0 Å². The number of hydrogen-bond acceptors (Lipinski definition) is 10. The topological polar surface area (TPSA) is 201 Å². The molecule has 212 valence electrons. The van der Waals surface area contributed by atoms with Crippen molar-refractivity contribution < 1.29 is 28.6 Å². The molecule has 40 heavy (non-hydrogen) atoms. The summed E-state index contributed by atoms with van der Waals surface area (Å²) in [4.78, 5) is 40.2. The van der Waals surface area contributed by atoms with Crippen molar-refractivity contribution in [3.05, 3.63) is 74.6 Å². The molecule has 1 aliphatic rings. The molecule has 0 radical (unpaired) electrons. The number of rotatable bonds is 10. The maximum atomic E-state index is 14.2. The van der Waals surface area contributed by atoms with Gasteiger partial charge in [0.2, 0.25) is 5.91 Å². The van der Waals surface area contributed by atoms with Gasteiger partial charge in [-0.3, -0.25) is 9.59 Å². The van der Waals surface area contributed by atoms with Gasteiger partial charge in [-0.25, -0.2) is 20.0 Å². The van der Waals surface area contributed by atoms with Gasteiger partial charge < -0.3 is 40.9 Å². The molecule has 0 saturated heterocycles. The van der Waals surface area contributed by atoms with E-state index in [4.69, 9.17) is 27.2 Å². The van der Waals surface area contributed by atoms with E-state index in [0.29, 0.717) is 39.0 Å². The van der Waals surface area contributed by atoms with E-state index in [1.54, 1.807) is 26.0 Å². The number of aromatic nitrogens is 2. The Morgan fingerprint density at radius 1 is 1.32 bits per heavy atom. The normalized spacial score (nSPS) is 13.1. The summed E-state index contributed by atoms with van der Waals surface area (Å²) in [7, 11) is 0. The molecule has 14 heteroatoms. The number of benzene rings is 1. The lowest BCUT2D eigenvalue weighted by Crippen LogP contribution is -2.35. The Morgan fingerprint density at radius 3 is 2.77 bits per heavy atom. The Bertz CT molecular complexity index is 1570. The summed E-state index contributed by atoms with van der Waals surface area (Å²) in [5.74, 6) is 5.46. The second-order valence-electron chi connectivity index (χ2n) is 9.27. The molecule has 3 aromatic rings. The van der Waals surface area contributed by atoms with Crippen LogP contribution < -0.4 is 28.2 Å². The van der Waals surface area contributed by atoms with Crippen LogP contribution in [0.5, 0.6) is 0 Å². The fourth-order valence-corrected chi connectivity index (χ4v) is 4.48. The smallest absolute Gasteiger partial charge is 0.450 e. The number of nitrogens with one attached hydrogen (secondary N) is 1. The lowest BCUT2D eigenvalue weighted by Gasteiger charge is -2.21. The average Bonchev–Trinajstić information content (AvgIpc) is 3.26. The molecule has 4 rings (SSSR count). The molecule has 1 aromatic carbocycles. The highest BCUT2D eigenvalue weighted by molar-refractivity contribution is 5.88. The molecule has 0 bridgehead atoms. The number of fused-ring (bicyclic) bond motifs is 4. The van der Waals surface area contributed by atoms with Gasteiger partial charge in [-0.05, 0) is 43.2 Å². The average molecular weight is 556 g/mol. The first-order chi connectivity index (χ1) is 19.0. The maximum absolute atomic E-state index is 14.2. The van der Waals surface area contributed by atoms with Crippen LogP contribution in [0, 0.1) is 12.7 Å². The van der Waals surface area contributed by atoms with Crippen LogP contribution in [0.3, 0.4) is 0 Å². The zero-order valence-corrected chi connectivity index (χ0v) is 21.9. The summed E-state index contributed by atoms with van der Waals surface area (Å²) in [5.41, 5.74) is 14.8. The number of hydrogen-bond donors (Lipinski definition) is 5. The first kappa shape index (κ1) is 28.5. The van der Waals surface area contributed by atoms with Crippen molar-refractivity contribution in [2.75, 3.05) is 13.3 Å². The Morgan fingerprint density at radius 2 is 2.08 bits per heavy atom. The molecule has 0 fully saturated rings. The van der Waals surface area contributed by atoms with E-state index >= 15 is 0 Å². The summed E-state index contributed by atoms with van der Waals surface area (Å²) in [6, 6.07) is 5.95. The number of pyridine rings is 2. The molecule has 8 N–H and O–H groups in total. The first-order valence-electron chi connectivity index (χ1n) is 12.3. The highest BCUT2D eigenvalue weighted by Crippen LogP contribution is 2.36. The number of amides is 1. The van der Waals surface area contributed by atoms with Gasteiger partial charge in [0.1, 0.15) is 19.2 Å². The van der Waals surface area contributed by atoms with E-state index in [1.165, 1.54) is 27.9 Å². The third-order valence-electron chi connectivity index (χ3n) is 6.60. The van der Waals surface area contributed by atoms with Crippen LogP contribution in [0.25, 0.3) is 22.3 Å². The van der Waals surface area contributed by atoms with Gasteiger partial charge >= 0.3 is 6.16 Å². The van der Waals surface area contributed by atoms with Gasteiger partial charge in [0.05, 0.1) is 53.9 Å². The van der Waals surface area contributed by atoms with Crippen LogP contribution in [-0.2, 0) is 34.0 Å². The third-order valence-corrected chi connectivity index (χ3v) is 6.60. The Labute approximate surface area is 227 Å². The molecule has 0 saturated carbocycles. The summed E-state index contributed by atoms with van der Waals surface area (Å²) in [5, 5.41) is 13.4. The van der Waals surface area contributed by atoms with Crippen LogP contribution in [0.2, 0.25) is 0 Å². The number of nitrogens with zero attached hydrogens (tertiary/aromatic N) is 3. The van der Waals surface area contributed by atoms with E-state index in [1.807, 2.05) is 0 Å². The van der Waals surface area contributed by atoms with Crippen LogP contribution in [-0.4, -0.2) is 51.1 Å². The number of hydrazine groups is 1. The summed E-state index contributed by atoms with van der Waals surface area (Å²) in [6.07, 6.45) is -0.590. The van der Waals surface area contributed by atoms with Crippen molar-refractivity contribution in [3.8, 4) is 11.4 Å². The predicted octanol–water partition coefficient (Wildman–Crippen LogP) is 0.981. The Balaban J connectivity index is 1.69. The number of halogens is 1. The monoisotopic (exact) mass is 555 g/mol. The van der Waals surface area contributed by atoms with Gasteiger partial charge in [0.15, 0.2) is 0 Å².